The van der Waals surface area contributed by atoms with Crippen molar-refractivity contribution in [1.82, 2.24) is 9.80 Å². The molecule has 5 heteroatoms. The lowest BCUT2D eigenvalue weighted by molar-refractivity contribution is -0.142. The highest BCUT2D eigenvalue weighted by molar-refractivity contribution is 9.09. The Hall–Kier alpha value is -0.580. The van der Waals surface area contributed by atoms with Crippen LogP contribution in [0.3, 0.4) is 0 Å². The average molecular weight is 291 g/mol. The maximum atomic E-state index is 12.2. The molecule has 0 aromatic rings. The Balaban J connectivity index is 2.70. The number of rotatable bonds is 4. The molecule has 0 aromatic carbocycles. The number of hydrogen-bond donors (Lipinski definition) is 0. The predicted molar refractivity (Wildman–Crippen MR) is 66.5 cm³/mol. The molecule has 1 atom stereocenters. The topological polar surface area (TPSA) is 40.6 Å². The van der Waals surface area contributed by atoms with Crippen molar-refractivity contribution in [3.05, 3.63) is 0 Å². The predicted octanol–water partition coefficient (Wildman–Crippen LogP) is 1.24. The van der Waals surface area contributed by atoms with Gasteiger partial charge < -0.3 is 9.80 Å². The van der Waals surface area contributed by atoms with Gasteiger partial charge in [-0.25, -0.2) is 0 Å². The lowest BCUT2D eigenvalue weighted by Crippen LogP contribution is -2.48. The summed E-state index contributed by atoms with van der Waals surface area (Å²) in [5.74, 6) is 0.111. The minimum atomic E-state index is -0.232. The second-order valence-corrected chi connectivity index (χ2v) is 4.45. The summed E-state index contributed by atoms with van der Waals surface area (Å²) in [7, 11) is 0. The van der Waals surface area contributed by atoms with E-state index < -0.39 is 0 Å². The summed E-state index contributed by atoms with van der Waals surface area (Å²) >= 11 is 3.16. The van der Waals surface area contributed by atoms with Crippen LogP contribution in [0.2, 0.25) is 0 Å². The number of likely N-dealkylation sites (N-methyl/N-ethyl adjacent to an activating group) is 1. The molecule has 0 radical (unpaired) electrons. The zero-order valence-electron chi connectivity index (χ0n) is 9.91. The van der Waals surface area contributed by atoms with Gasteiger partial charge >= 0.3 is 0 Å². The third-order valence-corrected chi connectivity index (χ3v) is 3.53. The molecular formula is C11H19BrN2O2. The number of amides is 2. The highest BCUT2D eigenvalue weighted by Gasteiger charge is 2.35. The van der Waals surface area contributed by atoms with Gasteiger partial charge in [0.15, 0.2) is 0 Å². The Kier molecular flexibility index (Phi) is 5.25. The fraction of sp³-hybridized carbons (Fsp3) is 0.818. The normalized spacial score (nSPS) is 19.9. The van der Waals surface area contributed by atoms with Crippen molar-refractivity contribution in [2.24, 2.45) is 0 Å². The van der Waals surface area contributed by atoms with Crippen LogP contribution in [0.5, 0.6) is 0 Å². The van der Waals surface area contributed by atoms with Gasteiger partial charge in [0.1, 0.15) is 6.04 Å². The highest BCUT2D eigenvalue weighted by Crippen LogP contribution is 2.20. The van der Waals surface area contributed by atoms with Crippen LogP contribution >= 0.6 is 15.9 Å². The highest BCUT2D eigenvalue weighted by atomic mass is 79.9. The molecule has 1 fully saturated rings. The standard InChI is InChI=1S/C11H19BrN2O2/c1-3-13(4-2)11(16)9-6-5-7-14(9)10(15)8-12/h9H,3-8H2,1-2H3/t9-/m1/s1. The van der Waals surface area contributed by atoms with Gasteiger partial charge in [0.2, 0.25) is 11.8 Å². The molecular weight excluding hydrogens is 272 g/mol. The number of carbonyl (C=O) groups excluding carboxylic acids is 2. The van der Waals surface area contributed by atoms with Crippen LogP contribution in [-0.4, -0.2) is 52.6 Å². The molecule has 0 bridgehead atoms. The maximum Gasteiger partial charge on any atom is 0.245 e. The molecule has 0 aromatic heterocycles. The van der Waals surface area contributed by atoms with Crippen LogP contribution in [0.4, 0.5) is 0 Å². The van der Waals surface area contributed by atoms with E-state index in [0.717, 1.165) is 12.8 Å². The number of likely N-dealkylation sites (tertiary alicyclic amines) is 1. The summed E-state index contributed by atoms with van der Waals surface area (Å²) in [6, 6.07) is -0.232. The summed E-state index contributed by atoms with van der Waals surface area (Å²) in [5.41, 5.74) is 0. The van der Waals surface area contributed by atoms with E-state index in [1.807, 2.05) is 13.8 Å². The van der Waals surface area contributed by atoms with Crippen molar-refractivity contribution < 1.29 is 9.59 Å². The molecule has 16 heavy (non-hydrogen) atoms. The van der Waals surface area contributed by atoms with E-state index in [0.29, 0.717) is 25.0 Å². The van der Waals surface area contributed by atoms with Gasteiger partial charge in [0.25, 0.3) is 0 Å². The van der Waals surface area contributed by atoms with E-state index in [1.165, 1.54) is 0 Å². The third kappa shape index (κ3) is 2.75. The zero-order chi connectivity index (χ0) is 12.1. The molecule has 1 aliphatic rings. The van der Waals surface area contributed by atoms with Crippen LogP contribution in [0, 0.1) is 0 Å². The Morgan fingerprint density at radius 2 is 2.00 bits per heavy atom. The second-order valence-electron chi connectivity index (χ2n) is 3.89. The molecule has 0 saturated carbocycles. The van der Waals surface area contributed by atoms with E-state index in [4.69, 9.17) is 0 Å². The monoisotopic (exact) mass is 290 g/mol. The van der Waals surface area contributed by atoms with Crippen molar-refractivity contribution in [3.8, 4) is 0 Å². The number of hydrogen-bond acceptors (Lipinski definition) is 2. The first kappa shape index (κ1) is 13.5. The molecule has 0 aliphatic carbocycles. The lowest BCUT2D eigenvalue weighted by Gasteiger charge is -2.28. The van der Waals surface area contributed by atoms with E-state index in [-0.39, 0.29) is 17.9 Å². The number of halogens is 1. The van der Waals surface area contributed by atoms with E-state index in [2.05, 4.69) is 15.9 Å². The van der Waals surface area contributed by atoms with Gasteiger partial charge in [-0.05, 0) is 26.7 Å². The van der Waals surface area contributed by atoms with Gasteiger partial charge in [0.05, 0.1) is 5.33 Å². The smallest absolute Gasteiger partial charge is 0.245 e. The Bertz CT molecular complexity index is 267. The average Bonchev–Trinajstić information content (AvgIpc) is 2.78. The maximum absolute atomic E-state index is 12.2. The minimum Gasteiger partial charge on any atom is -0.341 e. The summed E-state index contributed by atoms with van der Waals surface area (Å²) in [4.78, 5) is 27.3. The van der Waals surface area contributed by atoms with Crippen LogP contribution in [0.1, 0.15) is 26.7 Å². The van der Waals surface area contributed by atoms with Crippen LogP contribution < -0.4 is 0 Å². The zero-order valence-corrected chi connectivity index (χ0v) is 11.5. The molecule has 1 saturated heterocycles. The SMILES string of the molecule is CCN(CC)C(=O)[C@H]1CCCN1C(=O)CBr. The quantitative estimate of drug-likeness (QED) is 0.731. The van der Waals surface area contributed by atoms with E-state index >= 15 is 0 Å². The van der Waals surface area contributed by atoms with Crippen LogP contribution in [-0.2, 0) is 9.59 Å². The molecule has 0 N–H and O–H groups in total. The Morgan fingerprint density at radius 1 is 1.38 bits per heavy atom. The fourth-order valence-electron chi connectivity index (χ4n) is 2.14. The summed E-state index contributed by atoms with van der Waals surface area (Å²) < 4.78 is 0. The second kappa shape index (κ2) is 6.23. The van der Waals surface area contributed by atoms with Crippen LogP contribution in [0.15, 0.2) is 0 Å². The van der Waals surface area contributed by atoms with Crippen molar-refractivity contribution >= 4 is 27.7 Å². The summed E-state index contributed by atoms with van der Waals surface area (Å²) in [5, 5.41) is 0.301. The minimum absolute atomic E-state index is 0.0167. The van der Waals surface area contributed by atoms with Gasteiger partial charge in [-0.3, -0.25) is 9.59 Å². The summed E-state index contributed by atoms with van der Waals surface area (Å²) in [6.07, 6.45) is 1.73. The number of nitrogens with zero attached hydrogens (tertiary/aromatic N) is 2. The van der Waals surface area contributed by atoms with E-state index in [1.54, 1.807) is 9.80 Å². The number of alkyl halides is 1. The van der Waals surface area contributed by atoms with Crippen LogP contribution in [0.25, 0.3) is 0 Å². The Morgan fingerprint density at radius 3 is 2.50 bits per heavy atom. The molecule has 2 amide bonds. The fourth-order valence-corrected chi connectivity index (χ4v) is 2.47. The molecule has 1 heterocycles. The molecule has 92 valence electrons. The third-order valence-electron chi connectivity index (χ3n) is 3.05. The van der Waals surface area contributed by atoms with Crippen molar-refractivity contribution in [1.29, 1.82) is 0 Å². The molecule has 0 spiro atoms. The van der Waals surface area contributed by atoms with E-state index in [9.17, 15) is 9.59 Å². The van der Waals surface area contributed by atoms with Gasteiger partial charge in [-0.1, -0.05) is 15.9 Å². The first-order valence-corrected chi connectivity index (χ1v) is 6.92. The molecule has 1 rings (SSSR count). The first-order valence-electron chi connectivity index (χ1n) is 5.79. The van der Waals surface area contributed by atoms with Gasteiger partial charge in [-0.15, -0.1) is 0 Å². The molecule has 0 unspecified atom stereocenters. The lowest BCUT2D eigenvalue weighted by atomic mass is 10.2. The largest absolute Gasteiger partial charge is 0.341 e. The van der Waals surface area contributed by atoms with Crippen molar-refractivity contribution in [3.63, 3.8) is 0 Å². The summed E-state index contributed by atoms with van der Waals surface area (Å²) in [6.45, 7) is 6.06. The van der Waals surface area contributed by atoms with Gasteiger partial charge in [-0.2, -0.15) is 0 Å². The van der Waals surface area contributed by atoms with Crippen molar-refractivity contribution in [2.75, 3.05) is 25.0 Å². The first-order chi connectivity index (χ1) is 7.65. The number of carbonyl (C=O) groups is 2. The molecule has 1 aliphatic heterocycles. The van der Waals surface area contributed by atoms with Gasteiger partial charge in [0, 0.05) is 19.6 Å². The van der Waals surface area contributed by atoms with Crippen molar-refractivity contribution in [2.45, 2.75) is 32.7 Å². The Labute approximate surface area is 105 Å². The molecule has 4 nitrogen and oxygen atoms in total.